The normalized spacial score (nSPS) is 12.1. The molecule has 0 radical (unpaired) electrons. The van der Waals surface area contributed by atoms with E-state index < -0.39 is 0 Å². The summed E-state index contributed by atoms with van der Waals surface area (Å²) >= 11 is 3.45. The minimum atomic E-state index is 0.384. The quantitative estimate of drug-likeness (QED) is 0.842. The molecule has 0 aliphatic carbocycles. The fourth-order valence-electron chi connectivity index (χ4n) is 2.04. The van der Waals surface area contributed by atoms with Crippen LogP contribution in [0.15, 0.2) is 53.3 Å². The van der Waals surface area contributed by atoms with Crippen molar-refractivity contribution in [3.8, 4) is 5.75 Å². The molecule has 0 saturated carbocycles. The zero-order chi connectivity index (χ0) is 14.2. The van der Waals surface area contributed by atoms with Gasteiger partial charge in [0.05, 0.1) is 6.61 Å². The number of benzene rings is 1. The molecule has 1 atom stereocenters. The van der Waals surface area contributed by atoms with Crippen molar-refractivity contribution in [2.24, 2.45) is 0 Å². The van der Waals surface area contributed by atoms with Crippen molar-refractivity contribution in [2.45, 2.75) is 18.9 Å². The Kier molecular flexibility index (Phi) is 6.02. The molecular formula is C16H19BrN2O. The van der Waals surface area contributed by atoms with Gasteiger partial charge < -0.3 is 10.1 Å². The van der Waals surface area contributed by atoms with Crippen LogP contribution >= 0.6 is 15.9 Å². The second-order valence-corrected chi connectivity index (χ2v) is 5.57. The van der Waals surface area contributed by atoms with E-state index in [4.69, 9.17) is 4.74 Å². The highest BCUT2D eigenvalue weighted by Gasteiger charge is 2.08. The highest BCUT2D eigenvalue weighted by molar-refractivity contribution is 9.10. The lowest BCUT2D eigenvalue weighted by Crippen LogP contribution is -2.29. The molecule has 2 aromatic rings. The number of rotatable bonds is 7. The summed E-state index contributed by atoms with van der Waals surface area (Å²) < 4.78 is 6.75. The first-order chi connectivity index (χ1) is 9.78. The van der Waals surface area contributed by atoms with E-state index in [-0.39, 0.29) is 0 Å². The van der Waals surface area contributed by atoms with Crippen molar-refractivity contribution in [3.63, 3.8) is 0 Å². The average Bonchev–Trinajstić information content (AvgIpc) is 2.47. The van der Waals surface area contributed by atoms with Gasteiger partial charge in [-0.2, -0.15) is 0 Å². The van der Waals surface area contributed by atoms with Crippen LogP contribution < -0.4 is 10.1 Å². The van der Waals surface area contributed by atoms with Crippen LogP contribution in [0.4, 0.5) is 0 Å². The molecule has 1 unspecified atom stereocenters. The fourth-order valence-corrected chi connectivity index (χ4v) is 2.45. The van der Waals surface area contributed by atoms with Crippen LogP contribution in [0, 0.1) is 0 Å². The number of para-hydroxylation sites is 1. The Morgan fingerprint density at radius 3 is 2.75 bits per heavy atom. The van der Waals surface area contributed by atoms with E-state index in [1.54, 1.807) is 6.20 Å². The van der Waals surface area contributed by atoms with Crippen molar-refractivity contribution in [2.75, 3.05) is 13.7 Å². The monoisotopic (exact) mass is 334 g/mol. The molecule has 20 heavy (non-hydrogen) atoms. The van der Waals surface area contributed by atoms with Crippen molar-refractivity contribution in [1.82, 2.24) is 10.3 Å². The molecule has 0 aliphatic heterocycles. The van der Waals surface area contributed by atoms with Gasteiger partial charge in [0.25, 0.3) is 0 Å². The van der Waals surface area contributed by atoms with Gasteiger partial charge in [0, 0.05) is 22.9 Å². The SMILES string of the molecule is CNC(CCOc1ccccc1)Cc1cncc(Br)c1. The van der Waals surface area contributed by atoms with Crippen LogP contribution in [0.3, 0.4) is 0 Å². The van der Waals surface area contributed by atoms with Gasteiger partial charge in [-0.3, -0.25) is 4.98 Å². The number of likely N-dealkylation sites (N-methyl/N-ethyl adjacent to an activating group) is 1. The summed E-state index contributed by atoms with van der Waals surface area (Å²) in [7, 11) is 1.98. The van der Waals surface area contributed by atoms with Crippen LogP contribution in [-0.4, -0.2) is 24.7 Å². The molecule has 0 amide bonds. The Hall–Kier alpha value is -1.39. The zero-order valence-corrected chi connectivity index (χ0v) is 13.1. The van der Waals surface area contributed by atoms with E-state index in [2.05, 4.69) is 32.3 Å². The van der Waals surface area contributed by atoms with E-state index in [1.165, 1.54) is 5.56 Å². The number of hydrogen-bond acceptors (Lipinski definition) is 3. The molecule has 0 fully saturated rings. The van der Waals surface area contributed by atoms with Crippen molar-refractivity contribution < 1.29 is 4.74 Å². The molecular weight excluding hydrogens is 316 g/mol. The van der Waals surface area contributed by atoms with Crippen LogP contribution in [-0.2, 0) is 6.42 Å². The maximum Gasteiger partial charge on any atom is 0.119 e. The third-order valence-corrected chi connectivity index (χ3v) is 3.56. The molecule has 1 aromatic heterocycles. The number of nitrogens with one attached hydrogen (secondary N) is 1. The van der Waals surface area contributed by atoms with E-state index in [1.807, 2.05) is 43.6 Å². The number of pyridine rings is 1. The summed E-state index contributed by atoms with van der Waals surface area (Å²) in [6.45, 7) is 0.705. The smallest absolute Gasteiger partial charge is 0.119 e. The molecule has 0 aliphatic rings. The molecule has 3 nitrogen and oxygen atoms in total. The summed E-state index contributed by atoms with van der Waals surface area (Å²) in [5, 5.41) is 3.33. The average molecular weight is 335 g/mol. The molecule has 0 saturated heterocycles. The van der Waals surface area contributed by atoms with Gasteiger partial charge in [0.15, 0.2) is 0 Å². The summed E-state index contributed by atoms with van der Waals surface area (Å²) in [5.74, 6) is 0.923. The van der Waals surface area contributed by atoms with E-state index in [9.17, 15) is 0 Å². The first kappa shape index (κ1) is 15.0. The maximum absolute atomic E-state index is 5.73. The molecule has 2 rings (SSSR count). The predicted octanol–water partition coefficient (Wildman–Crippen LogP) is 3.44. The highest BCUT2D eigenvalue weighted by Crippen LogP contribution is 2.13. The third-order valence-electron chi connectivity index (χ3n) is 3.13. The molecule has 1 heterocycles. The number of halogens is 1. The second kappa shape index (κ2) is 8.02. The van der Waals surface area contributed by atoms with E-state index in [0.29, 0.717) is 12.6 Å². The Morgan fingerprint density at radius 1 is 1.25 bits per heavy atom. The third kappa shape index (κ3) is 4.94. The van der Waals surface area contributed by atoms with Gasteiger partial charge in [-0.1, -0.05) is 18.2 Å². The minimum Gasteiger partial charge on any atom is -0.494 e. The first-order valence-electron chi connectivity index (χ1n) is 6.72. The first-order valence-corrected chi connectivity index (χ1v) is 7.52. The summed E-state index contributed by atoms with van der Waals surface area (Å²) in [5.41, 5.74) is 1.22. The Morgan fingerprint density at radius 2 is 2.05 bits per heavy atom. The Bertz CT molecular complexity index is 519. The molecule has 106 valence electrons. The number of hydrogen-bond donors (Lipinski definition) is 1. The summed E-state index contributed by atoms with van der Waals surface area (Å²) in [4.78, 5) is 4.19. The van der Waals surface area contributed by atoms with Crippen LogP contribution in [0.2, 0.25) is 0 Å². The Balaban J connectivity index is 1.80. The lowest BCUT2D eigenvalue weighted by atomic mass is 10.1. The number of ether oxygens (including phenoxy) is 1. The van der Waals surface area contributed by atoms with Gasteiger partial charge in [0.1, 0.15) is 5.75 Å². The number of nitrogens with zero attached hydrogens (tertiary/aromatic N) is 1. The van der Waals surface area contributed by atoms with Gasteiger partial charge >= 0.3 is 0 Å². The minimum absolute atomic E-state index is 0.384. The maximum atomic E-state index is 5.73. The van der Waals surface area contributed by atoms with Crippen LogP contribution in [0.5, 0.6) is 5.75 Å². The van der Waals surface area contributed by atoms with Gasteiger partial charge in [-0.15, -0.1) is 0 Å². The van der Waals surface area contributed by atoms with Crippen molar-refractivity contribution in [3.05, 3.63) is 58.8 Å². The topological polar surface area (TPSA) is 34.1 Å². The second-order valence-electron chi connectivity index (χ2n) is 4.65. The lowest BCUT2D eigenvalue weighted by Gasteiger charge is -2.16. The molecule has 1 N–H and O–H groups in total. The van der Waals surface area contributed by atoms with Gasteiger partial charge in [0.2, 0.25) is 0 Å². The van der Waals surface area contributed by atoms with Gasteiger partial charge in [-0.25, -0.2) is 0 Å². The fraction of sp³-hybridized carbons (Fsp3) is 0.312. The lowest BCUT2D eigenvalue weighted by molar-refractivity contribution is 0.288. The van der Waals surface area contributed by atoms with Crippen molar-refractivity contribution >= 4 is 15.9 Å². The molecule has 1 aromatic carbocycles. The largest absolute Gasteiger partial charge is 0.494 e. The van der Waals surface area contributed by atoms with Crippen molar-refractivity contribution in [1.29, 1.82) is 0 Å². The van der Waals surface area contributed by atoms with E-state index >= 15 is 0 Å². The zero-order valence-electron chi connectivity index (χ0n) is 11.6. The van der Waals surface area contributed by atoms with Crippen LogP contribution in [0.25, 0.3) is 0 Å². The summed E-state index contributed by atoms with van der Waals surface area (Å²) in [6.07, 6.45) is 5.61. The molecule has 4 heteroatoms. The summed E-state index contributed by atoms with van der Waals surface area (Å²) in [6, 6.07) is 12.4. The molecule has 0 bridgehead atoms. The highest BCUT2D eigenvalue weighted by atomic mass is 79.9. The van der Waals surface area contributed by atoms with Gasteiger partial charge in [-0.05, 0) is 59.6 Å². The van der Waals surface area contributed by atoms with E-state index in [0.717, 1.165) is 23.1 Å². The Labute approximate surface area is 128 Å². The predicted molar refractivity (Wildman–Crippen MR) is 85.0 cm³/mol. The van der Waals surface area contributed by atoms with Crippen LogP contribution in [0.1, 0.15) is 12.0 Å². The number of aromatic nitrogens is 1. The molecule has 0 spiro atoms. The standard InChI is InChI=1S/C16H19BrN2O/c1-18-15(10-13-9-14(17)12-19-11-13)7-8-20-16-5-3-2-4-6-16/h2-6,9,11-12,15,18H,7-8,10H2,1H3.